The molecule has 0 radical (unpaired) electrons. The van der Waals surface area contributed by atoms with Crippen LogP contribution >= 0.6 is 11.6 Å². The van der Waals surface area contributed by atoms with Crippen LogP contribution in [0.5, 0.6) is 0 Å². The second kappa shape index (κ2) is 6.58. The van der Waals surface area contributed by atoms with Gasteiger partial charge in [0.2, 0.25) is 0 Å². The summed E-state index contributed by atoms with van der Waals surface area (Å²) in [6.45, 7) is 2.99. The molecule has 1 aliphatic rings. The summed E-state index contributed by atoms with van der Waals surface area (Å²) in [5.41, 5.74) is 1.15. The average Bonchev–Trinajstić information content (AvgIpc) is 3.01. The lowest BCUT2D eigenvalue weighted by Gasteiger charge is -2.20. The number of halogens is 1. The van der Waals surface area contributed by atoms with Gasteiger partial charge in [-0.3, -0.25) is 4.68 Å². The molecule has 1 aromatic heterocycles. The molecule has 18 heavy (non-hydrogen) atoms. The average molecular weight is 270 g/mol. The van der Waals surface area contributed by atoms with Gasteiger partial charge in [-0.05, 0) is 32.7 Å². The molecule has 102 valence electrons. The summed E-state index contributed by atoms with van der Waals surface area (Å²) in [7, 11) is 2.02. The zero-order valence-corrected chi connectivity index (χ0v) is 12.2. The molecule has 1 atom stereocenters. The van der Waals surface area contributed by atoms with Crippen LogP contribution in [0, 0.1) is 5.92 Å². The fourth-order valence-electron chi connectivity index (χ4n) is 3.09. The van der Waals surface area contributed by atoms with Crippen molar-refractivity contribution in [3.05, 3.63) is 16.9 Å². The SMILES string of the molecule is CCn1ncc(Cl)c1C(CCC1CCCC1)NC. The van der Waals surface area contributed by atoms with E-state index in [0.29, 0.717) is 6.04 Å². The standard InChI is InChI=1S/C14H24ClN3/c1-3-18-14(12(15)10-17-18)13(16-2)9-8-11-6-4-5-7-11/h10-11,13,16H,3-9H2,1-2H3. The predicted molar refractivity (Wildman–Crippen MR) is 75.9 cm³/mol. The van der Waals surface area contributed by atoms with Gasteiger partial charge in [-0.2, -0.15) is 5.10 Å². The second-order valence-electron chi connectivity index (χ2n) is 5.26. The Morgan fingerprint density at radius 3 is 2.83 bits per heavy atom. The Balaban J connectivity index is 2.00. The molecule has 1 heterocycles. The van der Waals surface area contributed by atoms with Crippen molar-refractivity contribution in [3.63, 3.8) is 0 Å². The number of hydrogen-bond donors (Lipinski definition) is 1. The number of nitrogens with one attached hydrogen (secondary N) is 1. The van der Waals surface area contributed by atoms with Crippen molar-refractivity contribution in [2.45, 2.75) is 58.0 Å². The van der Waals surface area contributed by atoms with E-state index in [-0.39, 0.29) is 0 Å². The third-order valence-corrected chi connectivity index (χ3v) is 4.44. The summed E-state index contributed by atoms with van der Waals surface area (Å²) in [6, 6.07) is 0.334. The molecule has 3 nitrogen and oxygen atoms in total. The monoisotopic (exact) mass is 269 g/mol. The van der Waals surface area contributed by atoms with Gasteiger partial charge in [0.1, 0.15) is 0 Å². The molecular weight excluding hydrogens is 246 g/mol. The van der Waals surface area contributed by atoms with E-state index >= 15 is 0 Å². The van der Waals surface area contributed by atoms with Crippen LogP contribution in [-0.2, 0) is 6.54 Å². The normalized spacial score (nSPS) is 18.4. The van der Waals surface area contributed by atoms with Gasteiger partial charge in [-0.25, -0.2) is 0 Å². The van der Waals surface area contributed by atoms with E-state index in [4.69, 9.17) is 11.6 Å². The maximum atomic E-state index is 6.27. The predicted octanol–water partition coefficient (Wildman–Crippen LogP) is 3.79. The van der Waals surface area contributed by atoms with Gasteiger partial charge >= 0.3 is 0 Å². The van der Waals surface area contributed by atoms with Crippen molar-refractivity contribution >= 4 is 11.6 Å². The van der Waals surface area contributed by atoms with Crippen LogP contribution in [0.2, 0.25) is 5.02 Å². The number of aromatic nitrogens is 2. The third kappa shape index (κ3) is 3.07. The van der Waals surface area contributed by atoms with Crippen LogP contribution in [0.4, 0.5) is 0 Å². The van der Waals surface area contributed by atoms with E-state index < -0.39 is 0 Å². The first-order chi connectivity index (χ1) is 8.76. The number of rotatable bonds is 6. The number of aryl methyl sites for hydroxylation is 1. The highest BCUT2D eigenvalue weighted by Gasteiger charge is 2.21. The third-order valence-electron chi connectivity index (χ3n) is 4.15. The van der Waals surface area contributed by atoms with Crippen LogP contribution in [0.3, 0.4) is 0 Å². The molecule has 1 saturated carbocycles. The molecule has 4 heteroatoms. The molecular formula is C14H24ClN3. The summed E-state index contributed by atoms with van der Waals surface area (Å²) in [5, 5.41) is 8.52. The van der Waals surface area contributed by atoms with Crippen LogP contribution in [0.25, 0.3) is 0 Å². The molecule has 2 rings (SSSR count). The van der Waals surface area contributed by atoms with Crippen molar-refractivity contribution in [3.8, 4) is 0 Å². The van der Waals surface area contributed by atoms with E-state index in [1.807, 2.05) is 11.7 Å². The van der Waals surface area contributed by atoms with Crippen LogP contribution < -0.4 is 5.32 Å². The molecule has 0 aromatic carbocycles. The van der Waals surface area contributed by atoms with Gasteiger partial charge < -0.3 is 5.32 Å². The van der Waals surface area contributed by atoms with Gasteiger partial charge in [0, 0.05) is 6.54 Å². The Labute approximate surface area is 115 Å². The molecule has 1 unspecified atom stereocenters. The fourth-order valence-corrected chi connectivity index (χ4v) is 3.36. The Bertz CT molecular complexity index is 369. The van der Waals surface area contributed by atoms with Gasteiger partial charge in [0.25, 0.3) is 0 Å². The highest BCUT2D eigenvalue weighted by Crippen LogP contribution is 2.33. The topological polar surface area (TPSA) is 29.9 Å². The smallest absolute Gasteiger partial charge is 0.0834 e. The van der Waals surface area contributed by atoms with E-state index in [1.54, 1.807) is 6.20 Å². The molecule has 0 saturated heterocycles. The molecule has 1 aliphatic carbocycles. The van der Waals surface area contributed by atoms with E-state index in [9.17, 15) is 0 Å². The van der Waals surface area contributed by atoms with Crippen LogP contribution in [0.1, 0.15) is 57.2 Å². The quantitative estimate of drug-likeness (QED) is 0.852. The Kier molecular flexibility index (Phi) is 5.07. The minimum Gasteiger partial charge on any atom is -0.312 e. The molecule has 1 N–H and O–H groups in total. The summed E-state index contributed by atoms with van der Waals surface area (Å²) in [6.07, 6.45) is 9.89. The van der Waals surface area contributed by atoms with Gasteiger partial charge in [0.05, 0.1) is 23.0 Å². The lowest BCUT2D eigenvalue weighted by atomic mass is 9.97. The largest absolute Gasteiger partial charge is 0.312 e. The fraction of sp³-hybridized carbons (Fsp3) is 0.786. The molecule has 0 spiro atoms. The minimum absolute atomic E-state index is 0.334. The van der Waals surface area contributed by atoms with Crippen molar-refractivity contribution in [1.29, 1.82) is 0 Å². The van der Waals surface area contributed by atoms with Crippen molar-refractivity contribution in [1.82, 2.24) is 15.1 Å². The van der Waals surface area contributed by atoms with Crippen LogP contribution in [-0.4, -0.2) is 16.8 Å². The lowest BCUT2D eigenvalue weighted by molar-refractivity contribution is 0.410. The zero-order chi connectivity index (χ0) is 13.0. The van der Waals surface area contributed by atoms with Crippen molar-refractivity contribution in [2.75, 3.05) is 7.05 Å². The number of hydrogen-bond acceptors (Lipinski definition) is 2. The summed E-state index contributed by atoms with van der Waals surface area (Å²) in [5.74, 6) is 0.928. The van der Waals surface area contributed by atoms with E-state index in [1.165, 1.54) is 32.1 Å². The second-order valence-corrected chi connectivity index (χ2v) is 5.67. The highest BCUT2D eigenvalue weighted by molar-refractivity contribution is 6.31. The molecule has 1 fully saturated rings. The zero-order valence-electron chi connectivity index (χ0n) is 11.5. The summed E-state index contributed by atoms with van der Waals surface area (Å²) < 4.78 is 2.01. The first-order valence-electron chi connectivity index (χ1n) is 7.14. The highest BCUT2D eigenvalue weighted by atomic mass is 35.5. The first-order valence-corrected chi connectivity index (χ1v) is 7.52. The lowest BCUT2D eigenvalue weighted by Crippen LogP contribution is -2.21. The molecule has 1 aromatic rings. The summed E-state index contributed by atoms with van der Waals surface area (Å²) >= 11 is 6.27. The van der Waals surface area contributed by atoms with Crippen molar-refractivity contribution in [2.24, 2.45) is 5.92 Å². The minimum atomic E-state index is 0.334. The Morgan fingerprint density at radius 1 is 1.50 bits per heavy atom. The van der Waals surface area contributed by atoms with Gasteiger partial charge in [-0.1, -0.05) is 37.3 Å². The van der Waals surface area contributed by atoms with Gasteiger partial charge in [-0.15, -0.1) is 0 Å². The molecule has 0 aliphatic heterocycles. The van der Waals surface area contributed by atoms with E-state index in [2.05, 4.69) is 17.3 Å². The molecule has 0 amide bonds. The maximum absolute atomic E-state index is 6.27. The van der Waals surface area contributed by atoms with Crippen LogP contribution in [0.15, 0.2) is 6.20 Å². The van der Waals surface area contributed by atoms with Gasteiger partial charge in [0.15, 0.2) is 0 Å². The Morgan fingerprint density at radius 2 is 2.22 bits per heavy atom. The summed E-state index contributed by atoms with van der Waals surface area (Å²) in [4.78, 5) is 0. The maximum Gasteiger partial charge on any atom is 0.0834 e. The first kappa shape index (κ1) is 13.9. The van der Waals surface area contributed by atoms with E-state index in [0.717, 1.165) is 29.6 Å². The molecule has 0 bridgehead atoms. The Hall–Kier alpha value is -0.540. The van der Waals surface area contributed by atoms with Crippen molar-refractivity contribution < 1.29 is 0 Å². The number of nitrogens with zero attached hydrogens (tertiary/aromatic N) is 2.